The molecule has 0 aliphatic rings. The fraction of sp³-hybridized carbons (Fsp3) is 0.143. The van der Waals surface area contributed by atoms with Gasteiger partial charge in [0.05, 0.1) is 0 Å². The summed E-state index contributed by atoms with van der Waals surface area (Å²) in [6.45, 7) is 4.07. The Hall–Kier alpha value is -1.67. The number of nitrogens with two attached hydrogens (primary N) is 1. The Balaban J connectivity index is 2.34. The van der Waals surface area contributed by atoms with Crippen molar-refractivity contribution < 1.29 is 0 Å². The molecule has 0 saturated heterocycles. The Morgan fingerprint density at radius 3 is 2.41 bits per heavy atom. The van der Waals surface area contributed by atoms with Crippen molar-refractivity contribution in [3.05, 3.63) is 52.5 Å². The highest BCUT2D eigenvalue weighted by Gasteiger charge is 2.02. The van der Waals surface area contributed by atoms with Crippen molar-refractivity contribution in [2.24, 2.45) is 0 Å². The molecule has 0 amide bonds. The van der Waals surface area contributed by atoms with Crippen molar-refractivity contribution in [2.45, 2.75) is 13.8 Å². The third kappa shape index (κ3) is 2.71. The van der Waals surface area contributed by atoms with Crippen molar-refractivity contribution >= 4 is 28.7 Å². The van der Waals surface area contributed by atoms with E-state index in [2.05, 4.69) is 5.32 Å². The first-order valence-electron chi connectivity index (χ1n) is 5.45. The zero-order valence-electron chi connectivity index (χ0n) is 9.92. The molecule has 0 aliphatic carbocycles. The molecule has 2 nitrogen and oxygen atoms in total. The molecule has 0 radical (unpaired) electrons. The second-order valence-electron chi connectivity index (χ2n) is 4.16. The van der Waals surface area contributed by atoms with Crippen LogP contribution in [0.3, 0.4) is 0 Å². The smallest absolute Gasteiger partial charge is 0.0428 e. The fourth-order valence-electron chi connectivity index (χ4n) is 1.70. The van der Waals surface area contributed by atoms with Gasteiger partial charge < -0.3 is 11.1 Å². The summed E-state index contributed by atoms with van der Waals surface area (Å²) in [5.41, 5.74) is 10.8. The third-order valence-corrected chi connectivity index (χ3v) is 2.95. The molecule has 0 heterocycles. The molecule has 2 aromatic carbocycles. The molecule has 17 heavy (non-hydrogen) atoms. The molecule has 2 aromatic rings. The topological polar surface area (TPSA) is 38.0 Å². The maximum absolute atomic E-state index is 5.99. The van der Waals surface area contributed by atoms with Gasteiger partial charge in [-0.2, -0.15) is 0 Å². The van der Waals surface area contributed by atoms with E-state index in [-0.39, 0.29) is 0 Å². The molecule has 0 spiro atoms. The molecule has 0 atom stereocenters. The van der Waals surface area contributed by atoms with Crippen molar-refractivity contribution in [1.82, 2.24) is 0 Å². The van der Waals surface area contributed by atoms with Crippen LogP contribution in [0, 0.1) is 13.8 Å². The quantitative estimate of drug-likeness (QED) is 0.776. The molecule has 0 unspecified atom stereocenters. The summed E-state index contributed by atoms with van der Waals surface area (Å²) in [6, 6.07) is 11.6. The van der Waals surface area contributed by atoms with Gasteiger partial charge in [0.1, 0.15) is 0 Å². The zero-order valence-corrected chi connectivity index (χ0v) is 10.7. The summed E-state index contributed by atoms with van der Waals surface area (Å²) in [4.78, 5) is 0. The van der Waals surface area contributed by atoms with Gasteiger partial charge in [-0.25, -0.2) is 0 Å². The zero-order chi connectivity index (χ0) is 12.4. The summed E-state index contributed by atoms with van der Waals surface area (Å²) in [5, 5.41) is 4.10. The average molecular weight is 247 g/mol. The average Bonchev–Trinajstić information content (AvgIpc) is 2.27. The standard InChI is InChI=1S/C14H15ClN2/c1-9-3-4-11(15)8-14(9)17-13-6-5-12(16)7-10(13)2/h3-8,17H,16H2,1-2H3. The number of hydrogen-bond acceptors (Lipinski definition) is 2. The van der Waals surface area contributed by atoms with Crippen LogP contribution in [0.1, 0.15) is 11.1 Å². The molecule has 3 heteroatoms. The SMILES string of the molecule is Cc1cc(N)ccc1Nc1cc(Cl)ccc1C. The fourth-order valence-corrected chi connectivity index (χ4v) is 1.87. The number of rotatable bonds is 2. The lowest BCUT2D eigenvalue weighted by atomic mass is 10.1. The van der Waals surface area contributed by atoms with Crippen LogP contribution < -0.4 is 11.1 Å². The first-order chi connectivity index (χ1) is 8.06. The maximum Gasteiger partial charge on any atom is 0.0428 e. The lowest BCUT2D eigenvalue weighted by Gasteiger charge is -2.12. The highest BCUT2D eigenvalue weighted by Crippen LogP contribution is 2.26. The van der Waals surface area contributed by atoms with Gasteiger partial charge in [0.25, 0.3) is 0 Å². The van der Waals surface area contributed by atoms with Crippen LogP contribution in [0.15, 0.2) is 36.4 Å². The van der Waals surface area contributed by atoms with Gasteiger partial charge in [-0.1, -0.05) is 17.7 Å². The number of anilines is 3. The predicted molar refractivity (Wildman–Crippen MR) is 75.1 cm³/mol. The number of nitrogen functional groups attached to an aromatic ring is 1. The molecule has 3 N–H and O–H groups in total. The normalized spacial score (nSPS) is 10.3. The second kappa shape index (κ2) is 4.68. The Morgan fingerprint density at radius 1 is 0.941 bits per heavy atom. The molecule has 88 valence electrons. The first kappa shape index (κ1) is 11.8. The minimum atomic E-state index is 0.728. The number of halogens is 1. The van der Waals surface area contributed by atoms with Crippen molar-refractivity contribution in [1.29, 1.82) is 0 Å². The van der Waals surface area contributed by atoms with Crippen LogP contribution in [0.4, 0.5) is 17.1 Å². The van der Waals surface area contributed by atoms with Gasteiger partial charge in [-0.15, -0.1) is 0 Å². The van der Waals surface area contributed by atoms with Crippen LogP contribution in [-0.2, 0) is 0 Å². The minimum absolute atomic E-state index is 0.728. The Morgan fingerprint density at radius 2 is 1.71 bits per heavy atom. The van der Waals surface area contributed by atoms with Crippen LogP contribution in [0.25, 0.3) is 0 Å². The molecule has 0 aromatic heterocycles. The lowest BCUT2D eigenvalue weighted by Crippen LogP contribution is -1.96. The van der Waals surface area contributed by atoms with Crippen molar-refractivity contribution in [2.75, 3.05) is 11.1 Å². The van der Waals surface area contributed by atoms with E-state index in [1.807, 2.05) is 50.2 Å². The Bertz CT molecular complexity index is 550. The maximum atomic E-state index is 5.99. The summed E-state index contributed by atoms with van der Waals surface area (Å²) >= 11 is 5.99. The van der Waals surface area contributed by atoms with Gasteiger partial charge in [0.2, 0.25) is 0 Å². The van der Waals surface area contributed by atoms with Crippen LogP contribution in [-0.4, -0.2) is 0 Å². The highest BCUT2D eigenvalue weighted by atomic mass is 35.5. The van der Waals surface area contributed by atoms with E-state index in [1.165, 1.54) is 0 Å². The van der Waals surface area contributed by atoms with E-state index >= 15 is 0 Å². The monoisotopic (exact) mass is 246 g/mol. The number of hydrogen-bond donors (Lipinski definition) is 2. The molecule has 0 aliphatic heterocycles. The van der Waals surface area contributed by atoms with Crippen LogP contribution >= 0.6 is 11.6 Å². The van der Waals surface area contributed by atoms with E-state index in [0.29, 0.717) is 0 Å². The number of benzene rings is 2. The Labute approximate surface area is 106 Å². The molecule has 0 fully saturated rings. The molecular formula is C14H15ClN2. The number of aryl methyl sites for hydroxylation is 2. The number of nitrogens with one attached hydrogen (secondary N) is 1. The van der Waals surface area contributed by atoms with Crippen molar-refractivity contribution in [3.8, 4) is 0 Å². The first-order valence-corrected chi connectivity index (χ1v) is 5.83. The summed E-state index contributed by atoms with van der Waals surface area (Å²) in [6.07, 6.45) is 0. The molecule has 2 rings (SSSR count). The molecule has 0 bridgehead atoms. The minimum Gasteiger partial charge on any atom is -0.399 e. The van der Waals surface area contributed by atoms with Gasteiger partial charge in [-0.05, 0) is 55.3 Å². The van der Waals surface area contributed by atoms with E-state index in [1.54, 1.807) is 0 Å². The van der Waals surface area contributed by atoms with Crippen LogP contribution in [0.2, 0.25) is 5.02 Å². The summed E-state index contributed by atoms with van der Waals surface area (Å²) in [5.74, 6) is 0. The van der Waals surface area contributed by atoms with Gasteiger partial charge >= 0.3 is 0 Å². The second-order valence-corrected chi connectivity index (χ2v) is 4.60. The summed E-state index contributed by atoms with van der Waals surface area (Å²) in [7, 11) is 0. The lowest BCUT2D eigenvalue weighted by molar-refractivity contribution is 1.39. The van der Waals surface area contributed by atoms with Crippen molar-refractivity contribution in [3.63, 3.8) is 0 Å². The van der Waals surface area contributed by atoms with E-state index in [0.717, 1.165) is 33.2 Å². The molecule has 0 saturated carbocycles. The third-order valence-electron chi connectivity index (χ3n) is 2.72. The van der Waals surface area contributed by atoms with Gasteiger partial charge in [0.15, 0.2) is 0 Å². The van der Waals surface area contributed by atoms with E-state index in [4.69, 9.17) is 17.3 Å². The predicted octanol–water partition coefficient (Wildman–Crippen LogP) is 4.28. The molecular weight excluding hydrogens is 232 g/mol. The van der Waals surface area contributed by atoms with E-state index in [9.17, 15) is 0 Å². The largest absolute Gasteiger partial charge is 0.399 e. The summed E-state index contributed by atoms with van der Waals surface area (Å²) < 4.78 is 0. The van der Waals surface area contributed by atoms with Gasteiger partial charge in [0, 0.05) is 22.1 Å². The van der Waals surface area contributed by atoms with Gasteiger partial charge in [-0.3, -0.25) is 0 Å². The Kier molecular flexibility index (Phi) is 3.25. The highest BCUT2D eigenvalue weighted by molar-refractivity contribution is 6.30. The van der Waals surface area contributed by atoms with E-state index < -0.39 is 0 Å². The van der Waals surface area contributed by atoms with Crippen LogP contribution in [0.5, 0.6) is 0 Å².